The van der Waals surface area contributed by atoms with Gasteiger partial charge in [0.2, 0.25) is 0 Å². The van der Waals surface area contributed by atoms with Crippen molar-refractivity contribution in [2.75, 3.05) is 13.1 Å². The third-order valence-corrected chi connectivity index (χ3v) is 2.52. The Balaban J connectivity index is 2.35. The molecule has 1 aromatic carbocycles. The average molecular weight is 212 g/mol. The molecule has 1 aromatic rings. The zero-order valence-corrected chi connectivity index (χ0v) is 8.44. The van der Waals surface area contributed by atoms with Gasteiger partial charge < -0.3 is 5.32 Å². The molecule has 0 atom stereocenters. The molecule has 0 spiro atoms. The molecule has 0 saturated heterocycles. The highest BCUT2D eigenvalue weighted by molar-refractivity contribution is 6.30. The van der Waals surface area contributed by atoms with Crippen molar-refractivity contribution in [3.8, 4) is 0 Å². The van der Waals surface area contributed by atoms with Crippen molar-refractivity contribution in [2.24, 2.45) is 0 Å². The van der Waals surface area contributed by atoms with Crippen LogP contribution in [0, 0.1) is 5.82 Å². The van der Waals surface area contributed by atoms with Gasteiger partial charge in [-0.25, -0.2) is 4.39 Å². The van der Waals surface area contributed by atoms with Gasteiger partial charge in [0.15, 0.2) is 0 Å². The van der Waals surface area contributed by atoms with Gasteiger partial charge >= 0.3 is 0 Å². The second kappa shape index (κ2) is 4.11. The van der Waals surface area contributed by atoms with Crippen LogP contribution in [0.25, 0.3) is 5.57 Å². The molecule has 1 heterocycles. The number of nitrogens with one attached hydrogen (secondary N) is 1. The maximum atomic E-state index is 13.1. The van der Waals surface area contributed by atoms with Crippen LogP contribution in [0.2, 0.25) is 5.02 Å². The predicted octanol–water partition coefficient (Wildman–Crippen LogP) is 2.86. The topological polar surface area (TPSA) is 12.0 Å². The summed E-state index contributed by atoms with van der Waals surface area (Å²) in [5.74, 6) is -0.271. The molecule has 74 valence electrons. The van der Waals surface area contributed by atoms with E-state index in [1.807, 2.05) is 6.07 Å². The maximum Gasteiger partial charge on any atom is 0.125 e. The van der Waals surface area contributed by atoms with Crippen LogP contribution in [0.3, 0.4) is 0 Å². The van der Waals surface area contributed by atoms with Gasteiger partial charge in [0.25, 0.3) is 0 Å². The first-order valence-corrected chi connectivity index (χ1v) is 5.00. The Morgan fingerprint density at radius 1 is 1.29 bits per heavy atom. The monoisotopic (exact) mass is 211 g/mol. The van der Waals surface area contributed by atoms with Gasteiger partial charge in [-0.15, -0.1) is 0 Å². The van der Waals surface area contributed by atoms with Crippen molar-refractivity contribution in [1.29, 1.82) is 0 Å². The lowest BCUT2D eigenvalue weighted by Crippen LogP contribution is -2.20. The van der Waals surface area contributed by atoms with E-state index in [1.165, 1.54) is 17.7 Å². The SMILES string of the molecule is Fc1cc(Cl)cc(C2=CCNCC2)c1. The summed E-state index contributed by atoms with van der Waals surface area (Å²) in [6, 6.07) is 4.66. The van der Waals surface area contributed by atoms with Gasteiger partial charge in [-0.2, -0.15) is 0 Å². The van der Waals surface area contributed by atoms with Gasteiger partial charge in [0.1, 0.15) is 5.82 Å². The van der Waals surface area contributed by atoms with Crippen molar-refractivity contribution >= 4 is 17.2 Å². The molecule has 1 aliphatic heterocycles. The summed E-state index contributed by atoms with van der Waals surface area (Å²) in [5, 5.41) is 3.67. The molecule has 0 saturated carbocycles. The van der Waals surface area contributed by atoms with Crippen LogP contribution in [0.4, 0.5) is 4.39 Å². The molecule has 0 amide bonds. The van der Waals surface area contributed by atoms with Crippen molar-refractivity contribution in [1.82, 2.24) is 5.32 Å². The highest BCUT2D eigenvalue weighted by Crippen LogP contribution is 2.23. The van der Waals surface area contributed by atoms with E-state index in [9.17, 15) is 4.39 Å². The molecule has 0 bridgehead atoms. The van der Waals surface area contributed by atoms with Crippen molar-refractivity contribution < 1.29 is 4.39 Å². The molecule has 0 radical (unpaired) electrons. The van der Waals surface area contributed by atoms with Crippen molar-refractivity contribution in [2.45, 2.75) is 6.42 Å². The summed E-state index contributed by atoms with van der Waals surface area (Å²) in [5.41, 5.74) is 2.07. The molecule has 1 aliphatic rings. The van der Waals surface area contributed by atoms with Gasteiger partial charge in [-0.1, -0.05) is 17.7 Å². The molecular weight excluding hydrogens is 201 g/mol. The fourth-order valence-corrected chi connectivity index (χ4v) is 1.85. The van der Waals surface area contributed by atoms with Gasteiger partial charge in [-0.05, 0) is 42.3 Å². The third kappa shape index (κ3) is 2.14. The summed E-state index contributed by atoms with van der Waals surface area (Å²) in [4.78, 5) is 0. The van der Waals surface area contributed by atoms with Gasteiger partial charge in [0, 0.05) is 11.6 Å². The van der Waals surface area contributed by atoms with Crippen molar-refractivity contribution in [3.05, 3.63) is 40.7 Å². The van der Waals surface area contributed by atoms with Crippen LogP contribution in [0.15, 0.2) is 24.3 Å². The molecule has 0 fully saturated rings. The van der Waals surface area contributed by atoms with E-state index in [4.69, 9.17) is 11.6 Å². The maximum absolute atomic E-state index is 13.1. The lowest BCUT2D eigenvalue weighted by Gasteiger charge is -2.14. The van der Waals surface area contributed by atoms with Gasteiger partial charge in [0.05, 0.1) is 0 Å². The average Bonchev–Trinajstić information content (AvgIpc) is 2.18. The zero-order valence-electron chi connectivity index (χ0n) is 7.69. The first-order chi connectivity index (χ1) is 6.75. The molecule has 0 unspecified atom stereocenters. The second-order valence-electron chi connectivity index (χ2n) is 3.34. The molecule has 3 heteroatoms. The smallest absolute Gasteiger partial charge is 0.125 e. The summed E-state index contributed by atoms with van der Waals surface area (Å²) >= 11 is 5.79. The Hall–Kier alpha value is -0.860. The van der Waals surface area contributed by atoms with Crippen LogP contribution < -0.4 is 5.32 Å². The van der Waals surface area contributed by atoms with Crippen LogP contribution >= 0.6 is 11.6 Å². The fraction of sp³-hybridized carbons (Fsp3) is 0.273. The van der Waals surface area contributed by atoms with E-state index in [1.54, 1.807) is 0 Å². The van der Waals surface area contributed by atoms with E-state index in [2.05, 4.69) is 11.4 Å². The first-order valence-electron chi connectivity index (χ1n) is 4.62. The molecule has 0 aromatic heterocycles. The van der Waals surface area contributed by atoms with Gasteiger partial charge in [-0.3, -0.25) is 0 Å². The Bertz CT molecular complexity index is 353. The minimum absolute atomic E-state index is 0.271. The lowest BCUT2D eigenvalue weighted by atomic mass is 10.0. The normalized spacial score (nSPS) is 16.6. The Labute approximate surface area is 87.6 Å². The van der Waals surface area contributed by atoms with Crippen LogP contribution in [0.1, 0.15) is 12.0 Å². The van der Waals surface area contributed by atoms with E-state index >= 15 is 0 Å². The summed E-state index contributed by atoms with van der Waals surface area (Å²) in [6.07, 6.45) is 3.01. The molecule has 1 N–H and O–H groups in total. The Morgan fingerprint density at radius 2 is 2.14 bits per heavy atom. The van der Waals surface area contributed by atoms with Crippen LogP contribution in [-0.2, 0) is 0 Å². The number of rotatable bonds is 1. The van der Waals surface area contributed by atoms with E-state index in [0.717, 1.165) is 25.1 Å². The number of hydrogen-bond acceptors (Lipinski definition) is 1. The lowest BCUT2D eigenvalue weighted by molar-refractivity contribution is 0.627. The third-order valence-electron chi connectivity index (χ3n) is 2.30. The number of halogens is 2. The minimum atomic E-state index is -0.271. The van der Waals surface area contributed by atoms with E-state index < -0.39 is 0 Å². The van der Waals surface area contributed by atoms with E-state index in [-0.39, 0.29) is 5.82 Å². The predicted molar refractivity (Wildman–Crippen MR) is 56.9 cm³/mol. The number of benzene rings is 1. The van der Waals surface area contributed by atoms with Crippen LogP contribution in [-0.4, -0.2) is 13.1 Å². The van der Waals surface area contributed by atoms with Crippen LogP contribution in [0.5, 0.6) is 0 Å². The summed E-state index contributed by atoms with van der Waals surface area (Å²) < 4.78 is 13.1. The molecule has 14 heavy (non-hydrogen) atoms. The zero-order chi connectivity index (χ0) is 9.97. The Kier molecular flexibility index (Phi) is 2.85. The van der Waals surface area contributed by atoms with Crippen molar-refractivity contribution in [3.63, 3.8) is 0 Å². The fourth-order valence-electron chi connectivity index (χ4n) is 1.62. The highest BCUT2D eigenvalue weighted by atomic mass is 35.5. The molecule has 2 rings (SSSR count). The second-order valence-corrected chi connectivity index (χ2v) is 3.78. The highest BCUT2D eigenvalue weighted by Gasteiger charge is 2.07. The van der Waals surface area contributed by atoms with E-state index in [0.29, 0.717) is 5.02 Å². The largest absolute Gasteiger partial charge is 0.313 e. The Morgan fingerprint density at radius 3 is 2.79 bits per heavy atom. The number of hydrogen-bond donors (Lipinski definition) is 1. The summed E-state index contributed by atoms with van der Waals surface area (Å²) in [7, 11) is 0. The first kappa shape index (κ1) is 9.69. The molecule has 1 nitrogen and oxygen atoms in total. The summed E-state index contributed by atoms with van der Waals surface area (Å²) in [6.45, 7) is 1.80. The standard InChI is InChI=1S/C11H11ClFN/c12-10-5-9(6-11(13)7-10)8-1-3-14-4-2-8/h1,5-7,14H,2-4H2. The molecular formula is C11H11ClFN. The molecule has 0 aliphatic carbocycles. The minimum Gasteiger partial charge on any atom is -0.313 e. The quantitative estimate of drug-likeness (QED) is 0.753.